The van der Waals surface area contributed by atoms with Crippen LogP contribution >= 0.6 is 0 Å². The second-order valence-corrected chi connectivity index (χ2v) is 4.92. The van der Waals surface area contributed by atoms with E-state index in [0.29, 0.717) is 0 Å². The zero-order valence-corrected chi connectivity index (χ0v) is 11.8. The maximum atomic E-state index is 11.6. The number of anilines is 1. The van der Waals surface area contributed by atoms with E-state index in [1.165, 1.54) is 7.11 Å². The number of aromatic carboxylic acids is 1. The fraction of sp³-hybridized carbons (Fsp3) is 0.500. The Labute approximate surface area is 116 Å². The maximum Gasteiger partial charge on any atom is 0.414 e. The Morgan fingerprint density at radius 3 is 2.55 bits per heavy atom. The predicted molar refractivity (Wildman–Crippen MR) is 69.6 cm³/mol. The number of nitrogens with one attached hydrogen (secondary N) is 1. The van der Waals surface area contributed by atoms with Crippen molar-refractivity contribution in [3.8, 4) is 0 Å². The lowest BCUT2D eigenvalue weighted by Gasteiger charge is -2.19. The third kappa shape index (κ3) is 4.81. The van der Waals surface area contributed by atoms with Crippen LogP contribution in [0.3, 0.4) is 0 Å². The van der Waals surface area contributed by atoms with Crippen molar-refractivity contribution in [2.45, 2.75) is 33.0 Å². The molecular formula is C12H17N3O5. The van der Waals surface area contributed by atoms with Crippen LogP contribution in [0.25, 0.3) is 0 Å². The molecule has 0 aromatic carbocycles. The molecule has 1 rings (SSSR count). The predicted octanol–water partition coefficient (Wildman–Crippen LogP) is 1.67. The first-order valence-electron chi connectivity index (χ1n) is 5.81. The molecule has 0 fully saturated rings. The van der Waals surface area contributed by atoms with E-state index in [2.05, 4.69) is 15.3 Å². The van der Waals surface area contributed by atoms with E-state index in [1.807, 2.05) is 0 Å². The SMILES string of the molecule is COCc1nc(NC(=O)OC(C)(C)C)ncc1C(=O)O. The third-order valence-corrected chi connectivity index (χ3v) is 1.99. The molecule has 0 atom stereocenters. The molecule has 8 nitrogen and oxygen atoms in total. The molecule has 0 spiro atoms. The van der Waals surface area contributed by atoms with Gasteiger partial charge in [0.1, 0.15) is 11.2 Å². The van der Waals surface area contributed by atoms with Crippen molar-refractivity contribution < 1.29 is 24.2 Å². The highest BCUT2D eigenvalue weighted by Crippen LogP contribution is 2.12. The molecule has 1 aromatic heterocycles. The molecule has 0 aliphatic carbocycles. The molecule has 8 heteroatoms. The summed E-state index contributed by atoms with van der Waals surface area (Å²) < 4.78 is 9.90. The van der Waals surface area contributed by atoms with Gasteiger partial charge in [-0.1, -0.05) is 0 Å². The number of hydrogen-bond acceptors (Lipinski definition) is 6. The van der Waals surface area contributed by atoms with Crippen molar-refractivity contribution in [2.75, 3.05) is 12.4 Å². The van der Waals surface area contributed by atoms with Gasteiger partial charge in [0, 0.05) is 13.3 Å². The zero-order valence-electron chi connectivity index (χ0n) is 11.8. The van der Waals surface area contributed by atoms with Crippen molar-refractivity contribution in [1.29, 1.82) is 0 Å². The number of hydrogen-bond donors (Lipinski definition) is 2. The lowest BCUT2D eigenvalue weighted by molar-refractivity contribution is 0.0633. The van der Waals surface area contributed by atoms with E-state index >= 15 is 0 Å². The highest BCUT2D eigenvalue weighted by atomic mass is 16.6. The molecule has 0 aliphatic rings. The number of nitrogens with zero attached hydrogens (tertiary/aromatic N) is 2. The van der Waals surface area contributed by atoms with Gasteiger partial charge in [-0.2, -0.15) is 0 Å². The van der Waals surface area contributed by atoms with Crippen LogP contribution in [0, 0.1) is 0 Å². The van der Waals surface area contributed by atoms with Gasteiger partial charge in [0.15, 0.2) is 0 Å². The molecule has 1 aromatic rings. The molecule has 20 heavy (non-hydrogen) atoms. The van der Waals surface area contributed by atoms with Crippen LogP contribution in [-0.4, -0.2) is 39.8 Å². The third-order valence-electron chi connectivity index (χ3n) is 1.99. The fourth-order valence-electron chi connectivity index (χ4n) is 1.30. The maximum absolute atomic E-state index is 11.6. The van der Waals surface area contributed by atoms with Crippen LogP contribution in [0.4, 0.5) is 10.7 Å². The average Bonchev–Trinajstić information content (AvgIpc) is 2.26. The van der Waals surface area contributed by atoms with Crippen molar-refractivity contribution in [2.24, 2.45) is 0 Å². The number of carboxylic acid groups (broad SMARTS) is 1. The molecule has 1 heterocycles. The lowest BCUT2D eigenvalue weighted by atomic mass is 10.2. The van der Waals surface area contributed by atoms with Crippen LogP contribution in [0.15, 0.2) is 6.20 Å². The number of carbonyl (C=O) groups excluding carboxylic acids is 1. The van der Waals surface area contributed by atoms with Crippen LogP contribution in [0.2, 0.25) is 0 Å². The topological polar surface area (TPSA) is 111 Å². The van der Waals surface area contributed by atoms with Crippen molar-refractivity contribution >= 4 is 18.0 Å². The van der Waals surface area contributed by atoms with Gasteiger partial charge in [0.25, 0.3) is 0 Å². The highest BCUT2D eigenvalue weighted by molar-refractivity contribution is 5.89. The molecule has 0 saturated heterocycles. The first kappa shape index (κ1) is 15.8. The van der Waals surface area contributed by atoms with Crippen LogP contribution in [-0.2, 0) is 16.1 Å². The Bertz CT molecular complexity index is 510. The Kier molecular flexibility index (Phi) is 4.98. The molecule has 0 saturated carbocycles. The number of ether oxygens (including phenoxy) is 2. The second kappa shape index (κ2) is 6.29. The van der Waals surface area contributed by atoms with E-state index < -0.39 is 17.7 Å². The van der Waals surface area contributed by atoms with Gasteiger partial charge < -0.3 is 14.6 Å². The van der Waals surface area contributed by atoms with Gasteiger partial charge in [-0.3, -0.25) is 5.32 Å². The summed E-state index contributed by atoms with van der Waals surface area (Å²) in [6.07, 6.45) is 0.389. The number of carbonyl (C=O) groups is 2. The van der Waals surface area contributed by atoms with Gasteiger partial charge in [-0.05, 0) is 20.8 Å². The average molecular weight is 283 g/mol. The minimum atomic E-state index is -1.17. The number of carboxylic acids is 1. The van der Waals surface area contributed by atoms with E-state index in [1.54, 1.807) is 20.8 Å². The summed E-state index contributed by atoms with van der Waals surface area (Å²) in [7, 11) is 1.41. The quantitative estimate of drug-likeness (QED) is 0.864. The molecule has 110 valence electrons. The zero-order chi connectivity index (χ0) is 15.3. The minimum Gasteiger partial charge on any atom is -0.478 e. The Morgan fingerprint density at radius 2 is 2.05 bits per heavy atom. The summed E-state index contributed by atoms with van der Waals surface area (Å²) in [5.41, 5.74) is -0.567. The summed E-state index contributed by atoms with van der Waals surface area (Å²) in [6.45, 7) is 5.15. The van der Waals surface area contributed by atoms with E-state index in [0.717, 1.165) is 6.20 Å². The summed E-state index contributed by atoms with van der Waals surface area (Å²) in [5, 5.41) is 11.3. The van der Waals surface area contributed by atoms with Crippen molar-refractivity contribution in [3.05, 3.63) is 17.5 Å². The van der Waals surface area contributed by atoms with Gasteiger partial charge in [-0.25, -0.2) is 19.6 Å². The van der Waals surface area contributed by atoms with E-state index in [9.17, 15) is 9.59 Å². The molecule has 2 N–H and O–H groups in total. The van der Waals surface area contributed by atoms with E-state index in [4.69, 9.17) is 14.6 Å². The van der Waals surface area contributed by atoms with Gasteiger partial charge >= 0.3 is 12.1 Å². The van der Waals surface area contributed by atoms with Crippen LogP contribution in [0.1, 0.15) is 36.8 Å². The summed E-state index contributed by atoms with van der Waals surface area (Å²) >= 11 is 0. The van der Waals surface area contributed by atoms with E-state index in [-0.39, 0.29) is 23.8 Å². The first-order chi connectivity index (χ1) is 9.23. The number of aromatic nitrogens is 2. The summed E-state index contributed by atoms with van der Waals surface area (Å²) in [6, 6.07) is 0. The number of methoxy groups -OCH3 is 1. The summed E-state index contributed by atoms with van der Waals surface area (Å²) in [4.78, 5) is 30.2. The standard InChI is InChI=1S/C12H17N3O5/c1-12(2,3)20-11(18)15-10-13-5-7(9(16)17)8(14-10)6-19-4/h5H,6H2,1-4H3,(H,16,17)(H,13,14,15,18). The molecular weight excluding hydrogens is 266 g/mol. The number of rotatable bonds is 4. The minimum absolute atomic E-state index is 0.00679. The Balaban J connectivity index is 2.89. The second-order valence-electron chi connectivity index (χ2n) is 4.92. The fourth-order valence-corrected chi connectivity index (χ4v) is 1.30. The lowest BCUT2D eigenvalue weighted by Crippen LogP contribution is -2.28. The molecule has 0 unspecified atom stereocenters. The molecule has 0 bridgehead atoms. The number of amides is 1. The summed E-state index contributed by atoms with van der Waals surface area (Å²) in [5.74, 6) is -1.21. The highest BCUT2D eigenvalue weighted by Gasteiger charge is 2.18. The van der Waals surface area contributed by atoms with Gasteiger partial charge in [-0.15, -0.1) is 0 Å². The van der Waals surface area contributed by atoms with Crippen molar-refractivity contribution in [1.82, 2.24) is 9.97 Å². The normalized spacial score (nSPS) is 11.0. The molecule has 1 amide bonds. The monoisotopic (exact) mass is 283 g/mol. The first-order valence-corrected chi connectivity index (χ1v) is 5.81. The van der Waals surface area contributed by atoms with Crippen molar-refractivity contribution in [3.63, 3.8) is 0 Å². The van der Waals surface area contributed by atoms with Crippen LogP contribution < -0.4 is 5.32 Å². The van der Waals surface area contributed by atoms with Gasteiger partial charge in [0.2, 0.25) is 5.95 Å². The largest absolute Gasteiger partial charge is 0.478 e. The Hall–Kier alpha value is -2.22. The molecule has 0 aliphatic heterocycles. The van der Waals surface area contributed by atoms with Crippen LogP contribution in [0.5, 0.6) is 0 Å². The smallest absolute Gasteiger partial charge is 0.414 e. The van der Waals surface area contributed by atoms with Gasteiger partial charge in [0.05, 0.1) is 12.3 Å². The Morgan fingerprint density at radius 1 is 1.40 bits per heavy atom. The molecule has 0 radical (unpaired) electrons.